The molecule has 0 bridgehead atoms. The second-order valence-corrected chi connectivity index (χ2v) is 4.94. The summed E-state index contributed by atoms with van der Waals surface area (Å²) in [7, 11) is 0. The van der Waals surface area contributed by atoms with Crippen LogP contribution in [-0.2, 0) is 0 Å². The summed E-state index contributed by atoms with van der Waals surface area (Å²) in [6.45, 7) is 8.42. The SMILES string of the molecule is C=C1CC(=Cc2ccccc2)C(=C)N1c1ccccc1. The van der Waals surface area contributed by atoms with Gasteiger partial charge in [-0.25, -0.2) is 0 Å². The first-order valence-electron chi connectivity index (χ1n) is 6.73. The summed E-state index contributed by atoms with van der Waals surface area (Å²) in [6, 6.07) is 20.6. The van der Waals surface area contributed by atoms with E-state index >= 15 is 0 Å². The summed E-state index contributed by atoms with van der Waals surface area (Å²) in [4.78, 5) is 2.13. The molecule has 0 radical (unpaired) electrons. The number of hydrogen-bond donors (Lipinski definition) is 0. The molecule has 98 valence electrons. The summed E-state index contributed by atoms with van der Waals surface area (Å²) in [5.41, 5.74) is 5.64. The van der Waals surface area contributed by atoms with Crippen molar-refractivity contribution in [1.29, 1.82) is 0 Å². The molecule has 1 aliphatic rings. The fraction of sp³-hybridized carbons (Fsp3) is 0.0526. The Morgan fingerprint density at radius 2 is 1.45 bits per heavy atom. The van der Waals surface area contributed by atoms with Gasteiger partial charge in [0.05, 0.1) is 0 Å². The molecule has 1 nitrogen and oxygen atoms in total. The molecule has 1 heterocycles. The maximum absolute atomic E-state index is 4.24. The molecule has 3 rings (SSSR count). The molecular formula is C19H17N. The van der Waals surface area contributed by atoms with Crippen LogP contribution in [0.3, 0.4) is 0 Å². The lowest BCUT2D eigenvalue weighted by Crippen LogP contribution is -2.13. The molecule has 2 aromatic rings. The van der Waals surface area contributed by atoms with Crippen LogP contribution in [-0.4, -0.2) is 0 Å². The fourth-order valence-electron chi connectivity index (χ4n) is 2.54. The molecule has 0 N–H and O–H groups in total. The van der Waals surface area contributed by atoms with Gasteiger partial charge in [-0.05, 0) is 29.3 Å². The van der Waals surface area contributed by atoms with E-state index in [2.05, 4.69) is 48.4 Å². The number of para-hydroxylation sites is 1. The average Bonchev–Trinajstić information content (AvgIpc) is 2.75. The second-order valence-electron chi connectivity index (χ2n) is 4.94. The average molecular weight is 259 g/mol. The Balaban J connectivity index is 1.93. The third-order valence-electron chi connectivity index (χ3n) is 3.51. The monoisotopic (exact) mass is 259 g/mol. The number of hydrogen-bond acceptors (Lipinski definition) is 1. The van der Waals surface area contributed by atoms with E-state index in [-0.39, 0.29) is 0 Å². The topological polar surface area (TPSA) is 3.24 Å². The summed E-state index contributed by atoms with van der Waals surface area (Å²) < 4.78 is 0. The van der Waals surface area contributed by atoms with E-state index in [0.717, 1.165) is 23.5 Å². The van der Waals surface area contributed by atoms with Gasteiger partial charge < -0.3 is 4.90 Å². The Kier molecular flexibility index (Phi) is 3.26. The maximum atomic E-state index is 4.24. The van der Waals surface area contributed by atoms with Crippen molar-refractivity contribution in [2.45, 2.75) is 6.42 Å². The van der Waals surface area contributed by atoms with E-state index < -0.39 is 0 Å². The van der Waals surface area contributed by atoms with Gasteiger partial charge in [0.1, 0.15) is 0 Å². The van der Waals surface area contributed by atoms with E-state index in [1.165, 1.54) is 11.1 Å². The quantitative estimate of drug-likeness (QED) is 0.733. The summed E-state index contributed by atoms with van der Waals surface area (Å²) in [5.74, 6) is 0. The van der Waals surface area contributed by atoms with Crippen LogP contribution in [0, 0.1) is 0 Å². The Hall–Kier alpha value is -2.54. The van der Waals surface area contributed by atoms with Gasteiger partial charge in [-0.15, -0.1) is 0 Å². The lowest BCUT2D eigenvalue weighted by molar-refractivity contribution is 1.16. The van der Waals surface area contributed by atoms with E-state index in [1.54, 1.807) is 0 Å². The van der Waals surface area contributed by atoms with Crippen LogP contribution >= 0.6 is 0 Å². The van der Waals surface area contributed by atoms with Crippen molar-refractivity contribution in [1.82, 2.24) is 0 Å². The smallest absolute Gasteiger partial charge is 0.0458 e. The van der Waals surface area contributed by atoms with Crippen LogP contribution in [0.1, 0.15) is 12.0 Å². The Labute approximate surface area is 120 Å². The first kappa shape index (κ1) is 12.5. The van der Waals surface area contributed by atoms with Crippen molar-refractivity contribution >= 4 is 11.8 Å². The molecule has 0 spiro atoms. The highest BCUT2D eigenvalue weighted by molar-refractivity contribution is 5.72. The number of anilines is 1. The zero-order valence-electron chi connectivity index (χ0n) is 11.4. The molecule has 1 aliphatic heterocycles. The lowest BCUT2D eigenvalue weighted by Gasteiger charge is -2.20. The minimum Gasteiger partial charge on any atom is -0.315 e. The summed E-state index contributed by atoms with van der Waals surface area (Å²) in [5, 5.41) is 0. The first-order valence-corrected chi connectivity index (χ1v) is 6.73. The molecule has 20 heavy (non-hydrogen) atoms. The molecule has 0 aromatic heterocycles. The summed E-state index contributed by atoms with van der Waals surface area (Å²) >= 11 is 0. The van der Waals surface area contributed by atoms with Gasteiger partial charge in [0, 0.05) is 23.5 Å². The molecule has 1 heteroatoms. The highest BCUT2D eigenvalue weighted by Gasteiger charge is 2.25. The fourth-order valence-corrected chi connectivity index (χ4v) is 2.54. The van der Waals surface area contributed by atoms with Crippen molar-refractivity contribution < 1.29 is 0 Å². The first-order chi connectivity index (χ1) is 9.75. The van der Waals surface area contributed by atoms with Gasteiger partial charge in [-0.3, -0.25) is 0 Å². The van der Waals surface area contributed by atoms with Crippen LogP contribution in [0.2, 0.25) is 0 Å². The lowest BCUT2D eigenvalue weighted by atomic mass is 10.1. The third-order valence-corrected chi connectivity index (χ3v) is 3.51. The third kappa shape index (κ3) is 2.30. The molecule has 0 unspecified atom stereocenters. The van der Waals surface area contributed by atoms with Crippen molar-refractivity contribution in [3.05, 3.63) is 96.4 Å². The normalized spacial score (nSPS) is 17.0. The van der Waals surface area contributed by atoms with Gasteiger partial charge >= 0.3 is 0 Å². The van der Waals surface area contributed by atoms with Gasteiger partial charge in [0.25, 0.3) is 0 Å². The van der Waals surface area contributed by atoms with Crippen LogP contribution in [0.4, 0.5) is 5.69 Å². The molecule has 0 aliphatic carbocycles. The van der Waals surface area contributed by atoms with Crippen molar-refractivity contribution in [3.63, 3.8) is 0 Å². The predicted octanol–water partition coefficient (Wildman–Crippen LogP) is 5.01. The van der Waals surface area contributed by atoms with E-state index in [4.69, 9.17) is 0 Å². The largest absolute Gasteiger partial charge is 0.315 e. The highest BCUT2D eigenvalue weighted by atomic mass is 15.2. The molecule has 1 saturated heterocycles. The van der Waals surface area contributed by atoms with Crippen molar-refractivity contribution in [2.75, 3.05) is 4.90 Å². The summed E-state index contributed by atoms with van der Waals surface area (Å²) in [6.07, 6.45) is 3.04. The number of allylic oxidation sites excluding steroid dienone is 2. The van der Waals surface area contributed by atoms with E-state index in [9.17, 15) is 0 Å². The second kappa shape index (κ2) is 5.22. The molecule has 0 atom stereocenters. The minimum absolute atomic E-state index is 0.850. The molecule has 0 amide bonds. The molecule has 2 aromatic carbocycles. The van der Waals surface area contributed by atoms with Gasteiger partial charge in [-0.1, -0.05) is 61.7 Å². The number of nitrogens with zero attached hydrogens (tertiary/aromatic N) is 1. The molecule has 0 saturated carbocycles. The van der Waals surface area contributed by atoms with E-state index in [1.807, 2.05) is 36.4 Å². The predicted molar refractivity (Wildman–Crippen MR) is 86.2 cm³/mol. The number of rotatable bonds is 2. The molecule has 1 fully saturated rings. The van der Waals surface area contributed by atoms with Gasteiger partial charge in [-0.2, -0.15) is 0 Å². The Morgan fingerprint density at radius 1 is 0.850 bits per heavy atom. The van der Waals surface area contributed by atoms with Crippen LogP contribution in [0.15, 0.2) is 90.8 Å². The Morgan fingerprint density at radius 3 is 2.10 bits per heavy atom. The highest BCUT2D eigenvalue weighted by Crippen LogP contribution is 2.38. The van der Waals surface area contributed by atoms with Crippen LogP contribution in [0.25, 0.3) is 6.08 Å². The minimum atomic E-state index is 0.850. The van der Waals surface area contributed by atoms with Crippen molar-refractivity contribution in [2.24, 2.45) is 0 Å². The van der Waals surface area contributed by atoms with E-state index in [0.29, 0.717) is 0 Å². The Bertz CT molecular complexity index is 665. The zero-order chi connectivity index (χ0) is 13.9. The number of benzene rings is 2. The van der Waals surface area contributed by atoms with Crippen LogP contribution in [0.5, 0.6) is 0 Å². The standard InChI is InChI=1S/C19H17N/c1-15-13-18(14-17-9-5-3-6-10-17)16(2)20(15)19-11-7-4-8-12-19/h3-12,14H,1-2,13H2. The maximum Gasteiger partial charge on any atom is 0.0458 e. The van der Waals surface area contributed by atoms with Crippen LogP contribution < -0.4 is 4.90 Å². The van der Waals surface area contributed by atoms with Crippen molar-refractivity contribution in [3.8, 4) is 0 Å². The zero-order valence-corrected chi connectivity index (χ0v) is 11.4. The van der Waals surface area contributed by atoms with Gasteiger partial charge in [0.15, 0.2) is 0 Å². The van der Waals surface area contributed by atoms with Gasteiger partial charge in [0.2, 0.25) is 0 Å². The molecular weight excluding hydrogens is 242 g/mol.